The maximum Gasteiger partial charge on any atom is 0.410 e. The van der Waals surface area contributed by atoms with Crippen molar-refractivity contribution in [1.82, 2.24) is 4.90 Å². The van der Waals surface area contributed by atoms with Gasteiger partial charge in [-0.25, -0.2) is 4.79 Å². The Kier molecular flexibility index (Phi) is 7.01. The Hall–Kier alpha value is -2.10. The van der Waals surface area contributed by atoms with E-state index in [0.29, 0.717) is 13.0 Å². The van der Waals surface area contributed by atoms with Crippen LogP contribution in [0, 0.1) is 5.92 Å². The van der Waals surface area contributed by atoms with Gasteiger partial charge in [0.1, 0.15) is 5.60 Å². The number of hydrogen-bond acceptors (Lipinski definition) is 3. The molecule has 0 saturated carbocycles. The average molecular weight is 317 g/mol. The molecule has 1 atom stereocenters. The van der Waals surface area contributed by atoms with Gasteiger partial charge >= 0.3 is 6.09 Å². The second-order valence-electron chi connectivity index (χ2n) is 6.71. The van der Waals surface area contributed by atoms with Crippen LogP contribution < -0.4 is 0 Å². The van der Waals surface area contributed by atoms with Crippen molar-refractivity contribution in [2.45, 2.75) is 46.3 Å². The molecule has 1 aromatic rings. The second-order valence-corrected chi connectivity index (χ2v) is 6.71. The number of rotatable bonds is 7. The van der Waals surface area contributed by atoms with Crippen molar-refractivity contribution in [2.75, 3.05) is 6.54 Å². The number of amides is 1. The first-order chi connectivity index (χ1) is 10.7. The van der Waals surface area contributed by atoms with Gasteiger partial charge in [0.15, 0.2) is 5.78 Å². The molecule has 1 amide bonds. The molecule has 0 aliphatic rings. The summed E-state index contributed by atoms with van der Waals surface area (Å²) in [6, 6.07) is 9.58. The molecule has 0 aliphatic heterocycles. The lowest BCUT2D eigenvalue weighted by Crippen LogP contribution is -2.40. The Morgan fingerprint density at radius 3 is 2.39 bits per heavy atom. The number of Topliss-reactive ketones (excluding diaryl/α,β-unsaturated/α-hetero) is 1. The molecule has 4 nitrogen and oxygen atoms in total. The number of nitrogens with zero attached hydrogens (tertiary/aromatic N) is 1. The van der Waals surface area contributed by atoms with Crippen LogP contribution in [0.3, 0.4) is 0 Å². The molecule has 0 aliphatic carbocycles. The zero-order valence-electron chi connectivity index (χ0n) is 14.5. The minimum absolute atomic E-state index is 0.00619. The highest BCUT2D eigenvalue weighted by Gasteiger charge is 2.25. The summed E-state index contributed by atoms with van der Waals surface area (Å²) in [4.78, 5) is 26.2. The Labute approximate surface area is 139 Å². The van der Waals surface area contributed by atoms with E-state index in [1.165, 1.54) is 4.90 Å². The van der Waals surface area contributed by atoms with Crippen LogP contribution in [0.4, 0.5) is 4.79 Å². The number of allylic oxidation sites excluding steroid dienone is 1. The van der Waals surface area contributed by atoms with Crippen molar-refractivity contribution in [2.24, 2.45) is 5.92 Å². The topological polar surface area (TPSA) is 46.6 Å². The molecule has 0 N–H and O–H groups in total. The first-order valence-corrected chi connectivity index (χ1v) is 7.88. The Bertz CT molecular complexity index is 531. The highest BCUT2D eigenvalue weighted by Crippen LogP contribution is 2.14. The van der Waals surface area contributed by atoms with Gasteiger partial charge in [-0.05, 0) is 32.8 Å². The number of ether oxygens (including phenoxy) is 1. The summed E-state index contributed by atoms with van der Waals surface area (Å²) >= 11 is 0. The van der Waals surface area contributed by atoms with Crippen LogP contribution in [-0.4, -0.2) is 28.9 Å². The molecule has 0 radical (unpaired) electrons. The van der Waals surface area contributed by atoms with E-state index in [1.54, 1.807) is 6.08 Å². The molecule has 1 rings (SSSR count). The van der Waals surface area contributed by atoms with Crippen molar-refractivity contribution in [3.05, 3.63) is 48.6 Å². The Morgan fingerprint density at radius 2 is 1.87 bits per heavy atom. The van der Waals surface area contributed by atoms with E-state index >= 15 is 0 Å². The van der Waals surface area contributed by atoms with Crippen LogP contribution in [0.25, 0.3) is 0 Å². The Morgan fingerprint density at radius 1 is 1.26 bits per heavy atom. The monoisotopic (exact) mass is 317 g/mol. The van der Waals surface area contributed by atoms with Crippen LogP contribution in [0.5, 0.6) is 0 Å². The predicted octanol–water partition coefficient (Wildman–Crippen LogP) is 4.21. The van der Waals surface area contributed by atoms with Gasteiger partial charge in [0.2, 0.25) is 0 Å². The zero-order valence-corrected chi connectivity index (χ0v) is 14.5. The van der Waals surface area contributed by atoms with E-state index < -0.39 is 11.7 Å². The average Bonchev–Trinajstić information content (AvgIpc) is 2.46. The molecule has 0 bridgehead atoms. The molecule has 0 aromatic heterocycles. The van der Waals surface area contributed by atoms with Crippen LogP contribution in [-0.2, 0) is 16.1 Å². The summed E-state index contributed by atoms with van der Waals surface area (Å²) in [6.07, 6.45) is 1.85. The summed E-state index contributed by atoms with van der Waals surface area (Å²) in [5.41, 5.74) is 0.365. The molecule has 1 unspecified atom stereocenters. The number of carbonyl (C=O) groups excluding carboxylic acids is 2. The van der Waals surface area contributed by atoms with Gasteiger partial charge in [-0.15, -0.1) is 6.58 Å². The lowest BCUT2D eigenvalue weighted by atomic mass is 10.0. The fourth-order valence-electron chi connectivity index (χ4n) is 2.04. The third kappa shape index (κ3) is 7.13. The van der Waals surface area contributed by atoms with Gasteiger partial charge in [-0.2, -0.15) is 0 Å². The van der Waals surface area contributed by atoms with E-state index in [2.05, 4.69) is 6.58 Å². The molecule has 0 heterocycles. The summed E-state index contributed by atoms with van der Waals surface area (Å²) in [5.74, 6) is -0.153. The largest absolute Gasteiger partial charge is 0.444 e. The molecule has 0 fully saturated rings. The lowest BCUT2D eigenvalue weighted by Gasteiger charge is -2.27. The first kappa shape index (κ1) is 18.9. The second kappa shape index (κ2) is 8.51. The fourth-order valence-corrected chi connectivity index (χ4v) is 2.04. The van der Waals surface area contributed by atoms with E-state index in [-0.39, 0.29) is 18.2 Å². The van der Waals surface area contributed by atoms with Crippen LogP contribution in [0.2, 0.25) is 0 Å². The van der Waals surface area contributed by atoms with E-state index in [4.69, 9.17) is 4.74 Å². The number of benzene rings is 1. The van der Waals surface area contributed by atoms with Crippen LogP contribution in [0.15, 0.2) is 43.0 Å². The van der Waals surface area contributed by atoms with Crippen molar-refractivity contribution in [1.29, 1.82) is 0 Å². The summed E-state index contributed by atoms with van der Waals surface area (Å²) in [6.45, 7) is 11.3. The van der Waals surface area contributed by atoms with Gasteiger partial charge in [0.25, 0.3) is 0 Å². The lowest BCUT2D eigenvalue weighted by molar-refractivity contribution is -0.123. The smallest absolute Gasteiger partial charge is 0.410 e. The molecule has 0 saturated heterocycles. The molecule has 1 aromatic carbocycles. The molecular formula is C19H27NO3. The highest BCUT2D eigenvalue weighted by molar-refractivity contribution is 5.85. The minimum atomic E-state index is -0.595. The maximum absolute atomic E-state index is 12.4. The van der Waals surface area contributed by atoms with Crippen molar-refractivity contribution >= 4 is 11.9 Å². The van der Waals surface area contributed by atoms with Crippen LogP contribution >= 0.6 is 0 Å². The van der Waals surface area contributed by atoms with Gasteiger partial charge in [-0.1, -0.05) is 43.3 Å². The minimum Gasteiger partial charge on any atom is -0.444 e. The van der Waals surface area contributed by atoms with E-state index in [9.17, 15) is 9.59 Å². The Balaban J connectivity index is 2.85. The zero-order chi connectivity index (χ0) is 17.5. The SMILES string of the molecule is C=CCC(C)C(=O)CN(Cc1ccccc1)C(=O)OC(C)(C)C. The van der Waals surface area contributed by atoms with Gasteiger partial charge < -0.3 is 4.74 Å². The van der Waals surface area contributed by atoms with Gasteiger partial charge in [0.05, 0.1) is 6.54 Å². The third-order valence-corrected chi connectivity index (χ3v) is 3.28. The quantitative estimate of drug-likeness (QED) is 0.708. The van der Waals surface area contributed by atoms with E-state index in [0.717, 1.165) is 5.56 Å². The molecular weight excluding hydrogens is 290 g/mol. The fraction of sp³-hybridized carbons (Fsp3) is 0.474. The number of hydrogen-bond donors (Lipinski definition) is 0. The van der Waals surface area contributed by atoms with Gasteiger partial charge in [-0.3, -0.25) is 9.69 Å². The molecule has 126 valence electrons. The summed E-state index contributed by atoms with van der Waals surface area (Å²) in [5, 5.41) is 0. The van der Waals surface area contributed by atoms with Crippen molar-refractivity contribution in [3.8, 4) is 0 Å². The highest BCUT2D eigenvalue weighted by atomic mass is 16.6. The summed E-state index contributed by atoms with van der Waals surface area (Å²) < 4.78 is 5.43. The van der Waals surface area contributed by atoms with E-state index in [1.807, 2.05) is 58.0 Å². The molecule has 0 spiro atoms. The number of carbonyl (C=O) groups is 2. The predicted molar refractivity (Wildman–Crippen MR) is 92.1 cm³/mol. The normalized spacial score (nSPS) is 12.3. The molecule has 4 heteroatoms. The first-order valence-electron chi connectivity index (χ1n) is 7.88. The van der Waals surface area contributed by atoms with Crippen molar-refractivity contribution in [3.63, 3.8) is 0 Å². The standard InChI is InChI=1S/C19H27NO3/c1-6-10-15(2)17(21)14-20(18(22)23-19(3,4)5)13-16-11-8-7-9-12-16/h6-9,11-12,15H,1,10,13-14H2,2-5H3. The third-order valence-electron chi connectivity index (χ3n) is 3.28. The van der Waals surface area contributed by atoms with Gasteiger partial charge in [0, 0.05) is 12.5 Å². The number of ketones is 1. The molecule has 23 heavy (non-hydrogen) atoms. The summed E-state index contributed by atoms with van der Waals surface area (Å²) in [7, 11) is 0. The van der Waals surface area contributed by atoms with Crippen LogP contribution in [0.1, 0.15) is 39.7 Å². The maximum atomic E-state index is 12.4. The van der Waals surface area contributed by atoms with Crippen molar-refractivity contribution < 1.29 is 14.3 Å².